The number of anilines is 1. The highest BCUT2D eigenvalue weighted by atomic mass is 19.1. The lowest BCUT2D eigenvalue weighted by Crippen LogP contribution is -2.34. The van der Waals surface area contributed by atoms with E-state index in [-0.39, 0.29) is 30.8 Å². The van der Waals surface area contributed by atoms with E-state index in [9.17, 15) is 14.0 Å². The summed E-state index contributed by atoms with van der Waals surface area (Å²) in [5, 5.41) is 2.83. The molecule has 28 heavy (non-hydrogen) atoms. The molecular formula is C21H21FN2O4. The van der Waals surface area contributed by atoms with Crippen molar-refractivity contribution in [2.45, 2.75) is 32.4 Å². The highest BCUT2D eigenvalue weighted by Crippen LogP contribution is 2.37. The highest BCUT2D eigenvalue weighted by Gasteiger charge is 2.30. The SMILES string of the molecule is CC(=O)c1cc2c(cc1NC(=O)CN(Cc1ccc(F)cc1)C1CC1)OCO2. The van der Waals surface area contributed by atoms with E-state index in [1.165, 1.54) is 19.1 Å². The van der Waals surface area contributed by atoms with E-state index in [0.717, 1.165) is 18.4 Å². The van der Waals surface area contributed by atoms with Gasteiger partial charge in [-0.25, -0.2) is 4.39 Å². The van der Waals surface area contributed by atoms with Crippen LogP contribution in [-0.4, -0.2) is 36.0 Å². The Morgan fingerprint density at radius 2 is 1.82 bits per heavy atom. The Labute approximate surface area is 162 Å². The molecular weight excluding hydrogens is 363 g/mol. The predicted octanol–water partition coefficient (Wildman–Crippen LogP) is 3.36. The summed E-state index contributed by atoms with van der Waals surface area (Å²) in [5.41, 5.74) is 1.75. The van der Waals surface area contributed by atoms with Crippen molar-refractivity contribution in [3.63, 3.8) is 0 Å². The Morgan fingerprint density at radius 1 is 1.14 bits per heavy atom. The van der Waals surface area contributed by atoms with E-state index in [1.54, 1.807) is 24.3 Å². The lowest BCUT2D eigenvalue weighted by atomic mass is 10.1. The van der Waals surface area contributed by atoms with E-state index in [2.05, 4.69) is 10.2 Å². The fourth-order valence-corrected chi connectivity index (χ4v) is 3.29. The van der Waals surface area contributed by atoms with Gasteiger partial charge >= 0.3 is 0 Å². The maximum atomic E-state index is 13.1. The van der Waals surface area contributed by atoms with Gasteiger partial charge in [-0.1, -0.05) is 12.1 Å². The number of hydrogen-bond acceptors (Lipinski definition) is 5. The topological polar surface area (TPSA) is 67.9 Å². The summed E-state index contributed by atoms with van der Waals surface area (Å²) in [6.45, 7) is 2.29. The number of Topliss-reactive ketones (excluding diaryl/α,β-unsaturated/α-hetero) is 1. The van der Waals surface area contributed by atoms with Gasteiger partial charge in [0.15, 0.2) is 17.3 Å². The standard InChI is InChI=1S/C21H21FN2O4/c1-13(25)17-8-19-20(28-12-27-19)9-18(17)23-21(26)11-24(16-6-7-16)10-14-2-4-15(22)5-3-14/h2-5,8-9,16H,6-7,10-12H2,1H3,(H,23,26). The van der Waals surface area contributed by atoms with Gasteiger partial charge in [-0.2, -0.15) is 0 Å². The highest BCUT2D eigenvalue weighted by molar-refractivity contribution is 6.05. The minimum absolute atomic E-state index is 0.0944. The van der Waals surface area contributed by atoms with Gasteiger partial charge in [-0.15, -0.1) is 0 Å². The van der Waals surface area contributed by atoms with Crippen LogP contribution in [0.1, 0.15) is 35.7 Å². The first-order valence-corrected chi connectivity index (χ1v) is 9.22. The molecule has 1 amide bonds. The van der Waals surface area contributed by atoms with Crippen LogP contribution in [-0.2, 0) is 11.3 Å². The van der Waals surface area contributed by atoms with Crippen molar-refractivity contribution in [2.75, 3.05) is 18.7 Å². The second-order valence-electron chi connectivity index (χ2n) is 7.12. The van der Waals surface area contributed by atoms with Crippen molar-refractivity contribution in [3.05, 3.63) is 53.3 Å². The van der Waals surface area contributed by atoms with Crippen LogP contribution in [0.25, 0.3) is 0 Å². The summed E-state index contributed by atoms with van der Waals surface area (Å²) in [4.78, 5) is 26.7. The predicted molar refractivity (Wildman–Crippen MR) is 101 cm³/mol. The monoisotopic (exact) mass is 384 g/mol. The molecule has 0 aromatic heterocycles. The summed E-state index contributed by atoms with van der Waals surface area (Å²) in [7, 11) is 0. The molecule has 1 N–H and O–H groups in total. The Hall–Kier alpha value is -2.93. The first-order chi connectivity index (χ1) is 13.5. The Balaban J connectivity index is 1.47. The lowest BCUT2D eigenvalue weighted by Gasteiger charge is -2.22. The van der Waals surface area contributed by atoms with Crippen molar-refractivity contribution in [1.82, 2.24) is 4.90 Å². The van der Waals surface area contributed by atoms with Crippen molar-refractivity contribution >= 4 is 17.4 Å². The van der Waals surface area contributed by atoms with Gasteiger partial charge in [0.25, 0.3) is 0 Å². The van der Waals surface area contributed by atoms with Crippen LogP contribution in [0.5, 0.6) is 11.5 Å². The molecule has 1 heterocycles. The fourth-order valence-electron chi connectivity index (χ4n) is 3.29. The summed E-state index contributed by atoms with van der Waals surface area (Å²) in [6.07, 6.45) is 2.08. The van der Waals surface area contributed by atoms with Crippen LogP contribution < -0.4 is 14.8 Å². The first kappa shape index (κ1) is 18.4. The smallest absolute Gasteiger partial charge is 0.238 e. The molecule has 2 aromatic carbocycles. The average molecular weight is 384 g/mol. The number of hydrogen-bond donors (Lipinski definition) is 1. The number of rotatable bonds is 7. The molecule has 4 rings (SSSR count). The molecule has 7 heteroatoms. The quantitative estimate of drug-likeness (QED) is 0.742. The molecule has 146 valence electrons. The van der Waals surface area contributed by atoms with Crippen molar-refractivity contribution in [1.29, 1.82) is 0 Å². The molecule has 1 aliphatic carbocycles. The molecule has 0 radical (unpaired) electrons. The van der Waals surface area contributed by atoms with E-state index in [1.807, 2.05) is 0 Å². The average Bonchev–Trinajstić information content (AvgIpc) is 3.40. The third-order valence-corrected chi connectivity index (χ3v) is 4.88. The number of ether oxygens (including phenoxy) is 2. The normalized spacial score (nSPS) is 15.0. The number of carbonyl (C=O) groups is 2. The molecule has 0 bridgehead atoms. The van der Waals surface area contributed by atoms with Crippen LogP contribution in [0.2, 0.25) is 0 Å². The minimum Gasteiger partial charge on any atom is -0.454 e. The number of ketones is 1. The molecule has 2 aromatic rings. The summed E-state index contributed by atoms with van der Waals surface area (Å²) in [5.74, 6) is 0.346. The Kier molecular flexibility index (Phi) is 5.00. The zero-order chi connectivity index (χ0) is 19.7. The number of carbonyl (C=O) groups excluding carboxylic acids is 2. The van der Waals surface area contributed by atoms with Crippen LogP contribution >= 0.6 is 0 Å². The first-order valence-electron chi connectivity index (χ1n) is 9.22. The number of amides is 1. The van der Waals surface area contributed by atoms with Gasteiger partial charge in [-0.05, 0) is 43.5 Å². The fraction of sp³-hybridized carbons (Fsp3) is 0.333. The zero-order valence-electron chi connectivity index (χ0n) is 15.5. The van der Waals surface area contributed by atoms with Crippen LogP contribution in [0, 0.1) is 5.82 Å². The minimum atomic E-state index is -0.279. The number of nitrogens with zero attached hydrogens (tertiary/aromatic N) is 1. The zero-order valence-corrected chi connectivity index (χ0v) is 15.5. The lowest BCUT2D eigenvalue weighted by molar-refractivity contribution is -0.117. The summed E-state index contributed by atoms with van der Waals surface area (Å²) >= 11 is 0. The second-order valence-corrected chi connectivity index (χ2v) is 7.12. The van der Waals surface area contributed by atoms with Crippen LogP contribution in [0.3, 0.4) is 0 Å². The van der Waals surface area contributed by atoms with Gasteiger partial charge in [0.2, 0.25) is 12.7 Å². The third kappa shape index (κ3) is 4.14. The summed E-state index contributed by atoms with van der Waals surface area (Å²) < 4.78 is 23.8. The molecule has 1 aliphatic heterocycles. The molecule has 2 aliphatic rings. The van der Waals surface area contributed by atoms with Crippen LogP contribution in [0.15, 0.2) is 36.4 Å². The molecule has 0 spiro atoms. The number of nitrogens with one attached hydrogen (secondary N) is 1. The van der Waals surface area contributed by atoms with E-state index < -0.39 is 0 Å². The largest absolute Gasteiger partial charge is 0.454 e. The van der Waals surface area contributed by atoms with Crippen LogP contribution in [0.4, 0.5) is 10.1 Å². The maximum absolute atomic E-state index is 13.1. The van der Waals surface area contributed by atoms with Gasteiger partial charge in [0.05, 0.1) is 12.2 Å². The Morgan fingerprint density at radius 3 is 2.46 bits per heavy atom. The van der Waals surface area contributed by atoms with Gasteiger partial charge in [0, 0.05) is 24.2 Å². The number of fused-ring (bicyclic) bond motifs is 1. The van der Waals surface area contributed by atoms with Crippen molar-refractivity contribution in [2.24, 2.45) is 0 Å². The maximum Gasteiger partial charge on any atom is 0.238 e. The molecule has 1 fully saturated rings. The molecule has 0 saturated heterocycles. The van der Waals surface area contributed by atoms with Gasteiger partial charge in [0.1, 0.15) is 5.82 Å². The molecule has 0 atom stereocenters. The van der Waals surface area contributed by atoms with E-state index in [0.29, 0.717) is 35.3 Å². The summed E-state index contributed by atoms with van der Waals surface area (Å²) in [6, 6.07) is 9.87. The Bertz CT molecular complexity index is 909. The van der Waals surface area contributed by atoms with Gasteiger partial charge < -0.3 is 14.8 Å². The van der Waals surface area contributed by atoms with E-state index >= 15 is 0 Å². The van der Waals surface area contributed by atoms with Crippen molar-refractivity contribution in [3.8, 4) is 11.5 Å². The van der Waals surface area contributed by atoms with Crippen molar-refractivity contribution < 1.29 is 23.5 Å². The van der Waals surface area contributed by atoms with E-state index in [4.69, 9.17) is 9.47 Å². The second kappa shape index (κ2) is 7.59. The molecule has 6 nitrogen and oxygen atoms in total. The number of halogens is 1. The molecule has 1 saturated carbocycles. The molecule has 0 unspecified atom stereocenters. The third-order valence-electron chi connectivity index (χ3n) is 4.88. The number of benzene rings is 2. The van der Waals surface area contributed by atoms with Gasteiger partial charge in [-0.3, -0.25) is 14.5 Å².